The summed E-state index contributed by atoms with van der Waals surface area (Å²) in [5, 5.41) is 12.0. The van der Waals surface area contributed by atoms with E-state index in [4.69, 9.17) is 4.74 Å². The number of rotatable bonds is 2. The maximum absolute atomic E-state index is 11.8. The number of carboxylic acid groups (broad SMARTS) is 1. The van der Waals surface area contributed by atoms with E-state index in [1.54, 1.807) is 20.8 Å². The molecule has 1 aliphatic carbocycles. The molecular formula is C14H25NO4. The van der Waals surface area contributed by atoms with Crippen LogP contribution < -0.4 is 5.32 Å². The normalized spacial score (nSPS) is 31.6. The highest BCUT2D eigenvalue weighted by molar-refractivity contribution is 5.84. The van der Waals surface area contributed by atoms with Crippen LogP contribution in [0.15, 0.2) is 0 Å². The largest absolute Gasteiger partial charge is 0.480 e. The van der Waals surface area contributed by atoms with Crippen molar-refractivity contribution >= 4 is 12.1 Å². The number of ether oxygens (including phenoxy) is 1. The minimum absolute atomic E-state index is 0.264. The summed E-state index contributed by atoms with van der Waals surface area (Å²) in [6, 6.07) is 0. The van der Waals surface area contributed by atoms with E-state index in [9.17, 15) is 14.7 Å². The Bertz CT molecular complexity index is 361. The molecule has 0 aliphatic heterocycles. The standard InChI is InChI=1S/C14H25NO4/c1-9-6-7-14(11(16)17,8-10(9)2)15-12(18)19-13(3,4)5/h9-10H,6-8H2,1-5H3,(H,15,18)(H,16,17)/t9-,10-,14+/m1/s1. The molecule has 0 aromatic rings. The molecule has 110 valence electrons. The van der Waals surface area contributed by atoms with Gasteiger partial charge in [-0.2, -0.15) is 0 Å². The molecule has 0 radical (unpaired) electrons. The van der Waals surface area contributed by atoms with E-state index in [2.05, 4.69) is 12.2 Å². The van der Waals surface area contributed by atoms with Crippen LogP contribution in [0.25, 0.3) is 0 Å². The van der Waals surface area contributed by atoms with E-state index in [0.717, 1.165) is 6.42 Å². The second-order valence-electron chi connectivity index (χ2n) is 6.71. The van der Waals surface area contributed by atoms with Crippen LogP contribution in [0, 0.1) is 11.8 Å². The van der Waals surface area contributed by atoms with Gasteiger partial charge in [0.25, 0.3) is 0 Å². The molecule has 5 nitrogen and oxygen atoms in total. The number of carbonyl (C=O) groups is 2. The third-order valence-corrected chi connectivity index (χ3v) is 3.82. The molecule has 0 bridgehead atoms. The summed E-state index contributed by atoms with van der Waals surface area (Å²) in [5.74, 6) is -0.232. The van der Waals surface area contributed by atoms with Crippen molar-refractivity contribution in [1.82, 2.24) is 5.32 Å². The van der Waals surface area contributed by atoms with Crippen molar-refractivity contribution in [3.63, 3.8) is 0 Å². The van der Waals surface area contributed by atoms with Crippen molar-refractivity contribution in [1.29, 1.82) is 0 Å². The zero-order valence-corrected chi connectivity index (χ0v) is 12.4. The zero-order chi connectivity index (χ0) is 14.8. The molecule has 0 unspecified atom stereocenters. The number of hydrogen-bond donors (Lipinski definition) is 2. The van der Waals surface area contributed by atoms with Crippen LogP contribution >= 0.6 is 0 Å². The summed E-state index contributed by atoms with van der Waals surface area (Å²) < 4.78 is 5.16. The van der Waals surface area contributed by atoms with E-state index >= 15 is 0 Å². The van der Waals surface area contributed by atoms with E-state index in [1.807, 2.05) is 6.92 Å². The molecule has 2 N–H and O–H groups in total. The number of alkyl carbamates (subject to hydrolysis) is 1. The van der Waals surface area contributed by atoms with Gasteiger partial charge in [0.2, 0.25) is 0 Å². The highest BCUT2D eigenvalue weighted by Gasteiger charge is 2.45. The van der Waals surface area contributed by atoms with E-state index in [0.29, 0.717) is 18.8 Å². The molecule has 0 spiro atoms. The molecule has 0 saturated heterocycles. The smallest absolute Gasteiger partial charge is 0.408 e. The molecule has 5 heteroatoms. The lowest BCUT2D eigenvalue weighted by molar-refractivity contribution is -0.147. The summed E-state index contributed by atoms with van der Waals surface area (Å²) >= 11 is 0. The van der Waals surface area contributed by atoms with E-state index in [1.165, 1.54) is 0 Å². The Morgan fingerprint density at radius 1 is 1.26 bits per heavy atom. The maximum atomic E-state index is 11.8. The summed E-state index contributed by atoms with van der Waals surface area (Å²) in [4.78, 5) is 23.4. The Kier molecular flexibility index (Phi) is 4.48. The molecule has 19 heavy (non-hydrogen) atoms. The lowest BCUT2D eigenvalue weighted by Crippen LogP contribution is -2.58. The summed E-state index contributed by atoms with van der Waals surface area (Å²) in [7, 11) is 0. The van der Waals surface area contributed by atoms with Crippen LogP contribution in [0.1, 0.15) is 53.9 Å². The van der Waals surface area contributed by atoms with Gasteiger partial charge in [0.05, 0.1) is 0 Å². The highest BCUT2D eigenvalue weighted by Crippen LogP contribution is 2.36. The van der Waals surface area contributed by atoms with Crippen molar-refractivity contribution in [3.05, 3.63) is 0 Å². The van der Waals surface area contributed by atoms with Gasteiger partial charge >= 0.3 is 12.1 Å². The van der Waals surface area contributed by atoms with Crippen molar-refractivity contribution in [2.75, 3.05) is 0 Å². The molecule has 1 amide bonds. The topological polar surface area (TPSA) is 75.6 Å². The van der Waals surface area contributed by atoms with Crippen molar-refractivity contribution in [2.45, 2.75) is 65.0 Å². The minimum Gasteiger partial charge on any atom is -0.480 e. The minimum atomic E-state index is -1.19. The second-order valence-corrected chi connectivity index (χ2v) is 6.71. The number of nitrogens with one attached hydrogen (secondary N) is 1. The molecule has 1 fully saturated rings. The average Bonchev–Trinajstić information content (AvgIpc) is 2.20. The van der Waals surface area contributed by atoms with Gasteiger partial charge in [-0.3, -0.25) is 0 Å². The van der Waals surface area contributed by atoms with Crippen LogP contribution in [0.3, 0.4) is 0 Å². The van der Waals surface area contributed by atoms with Gasteiger partial charge in [0.1, 0.15) is 11.1 Å². The van der Waals surface area contributed by atoms with E-state index in [-0.39, 0.29) is 5.92 Å². The predicted molar refractivity (Wildman–Crippen MR) is 71.9 cm³/mol. The first-order valence-corrected chi connectivity index (χ1v) is 6.80. The molecule has 0 heterocycles. The van der Waals surface area contributed by atoms with E-state index < -0.39 is 23.2 Å². The van der Waals surface area contributed by atoms with Gasteiger partial charge in [-0.05, 0) is 51.9 Å². The van der Waals surface area contributed by atoms with Gasteiger partial charge in [-0.1, -0.05) is 13.8 Å². The summed E-state index contributed by atoms with van der Waals surface area (Å²) in [6.45, 7) is 9.41. The second kappa shape index (κ2) is 5.39. The lowest BCUT2D eigenvalue weighted by Gasteiger charge is -2.40. The third-order valence-electron chi connectivity index (χ3n) is 3.82. The van der Waals surface area contributed by atoms with Gasteiger partial charge in [-0.15, -0.1) is 0 Å². The molecule has 0 aromatic carbocycles. The maximum Gasteiger partial charge on any atom is 0.408 e. The summed E-state index contributed by atoms with van der Waals surface area (Å²) in [6.07, 6.45) is 1.04. The lowest BCUT2D eigenvalue weighted by atomic mass is 9.71. The first kappa shape index (κ1) is 15.8. The molecule has 1 rings (SSSR count). The predicted octanol–water partition coefficient (Wildman–Crippen LogP) is 2.79. The number of carboxylic acids is 1. The molecule has 1 aliphatic rings. The van der Waals surface area contributed by atoms with Gasteiger partial charge < -0.3 is 15.2 Å². The van der Waals surface area contributed by atoms with Crippen LogP contribution in [0.2, 0.25) is 0 Å². The third kappa shape index (κ3) is 4.11. The number of carbonyl (C=O) groups excluding carboxylic acids is 1. The van der Waals surface area contributed by atoms with Gasteiger partial charge in [0.15, 0.2) is 0 Å². The molecular weight excluding hydrogens is 246 g/mol. The fourth-order valence-corrected chi connectivity index (χ4v) is 2.47. The van der Waals surface area contributed by atoms with Crippen LogP contribution in [-0.4, -0.2) is 28.3 Å². The number of hydrogen-bond acceptors (Lipinski definition) is 3. The van der Waals surface area contributed by atoms with Crippen LogP contribution in [-0.2, 0) is 9.53 Å². The zero-order valence-electron chi connectivity index (χ0n) is 12.4. The average molecular weight is 271 g/mol. The fraction of sp³-hybridized carbons (Fsp3) is 0.857. The van der Waals surface area contributed by atoms with Crippen molar-refractivity contribution < 1.29 is 19.4 Å². The Balaban J connectivity index is 2.79. The van der Waals surface area contributed by atoms with Crippen molar-refractivity contribution in [3.8, 4) is 0 Å². The first-order valence-electron chi connectivity index (χ1n) is 6.80. The van der Waals surface area contributed by atoms with Crippen molar-refractivity contribution in [2.24, 2.45) is 11.8 Å². The van der Waals surface area contributed by atoms with Crippen LogP contribution in [0.5, 0.6) is 0 Å². The monoisotopic (exact) mass is 271 g/mol. The van der Waals surface area contributed by atoms with Gasteiger partial charge in [-0.25, -0.2) is 9.59 Å². The highest BCUT2D eigenvalue weighted by atomic mass is 16.6. The summed E-state index contributed by atoms with van der Waals surface area (Å²) in [5.41, 5.74) is -1.81. The molecule has 3 atom stereocenters. The Labute approximate surface area is 114 Å². The quantitative estimate of drug-likeness (QED) is 0.809. The Morgan fingerprint density at radius 2 is 1.84 bits per heavy atom. The molecule has 0 aromatic heterocycles. The fourth-order valence-electron chi connectivity index (χ4n) is 2.47. The SMILES string of the molecule is C[C@@H]1CC[C@@](NC(=O)OC(C)(C)C)(C(=O)O)C[C@H]1C. The first-order chi connectivity index (χ1) is 8.56. The molecule has 1 saturated carbocycles. The number of aliphatic carboxylic acids is 1. The Morgan fingerprint density at radius 3 is 2.26 bits per heavy atom. The van der Waals surface area contributed by atoms with Gasteiger partial charge in [0, 0.05) is 0 Å². The van der Waals surface area contributed by atoms with Crippen LogP contribution in [0.4, 0.5) is 4.79 Å². The number of amides is 1. The Hall–Kier alpha value is -1.26.